The van der Waals surface area contributed by atoms with Gasteiger partial charge in [0, 0.05) is 17.1 Å². The maximum atomic E-state index is 12.7. The summed E-state index contributed by atoms with van der Waals surface area (Å²) in [4.78, 5) is 15.8. The van der Waals surface area contributed by atoms with Crippen LogP contribution in [0.3, 0.4) is 0 Å². The first-order valence-corrected chi connectivity index (χ1v) is 15.2. The second kappa shape index (κ2) is 12.0. The minimum Gasteiger partial charge on any atom is -0.453 e. The Morgan fingerprint density at radius 1 is 1.05 bits per heavy atom. The van der Waals surface area contributed by atoms with E-state index in [-0.39, 0.29) is 13.4 Å². The number of unbranched alkanes of at least 4 members (excludes halogenated alkanes) is 1. The van der Waals surface area contributed by atoms with Gasteiger partial charge in [-0.1, -0.05) is 99.0 Å². The monoisotopic (exact) mass is 531 g/mol. The van der Waals surface area contributed by atoms with Crippen molar-refractivity contribution < 1.29 is 19.0 Å². The number of fused-ring (bicyclic) bond motifs is 1. The number of rotatable bonds is 12. The molecular weight excluding hydrogens is 494 g/mol. The number of hydrogen-bond donors (Lipinski definition) is 1. The second-order valence-electron chi connectivity index (χ2n) is 10.5. The fourth-order valence-electron chi connectivity index (χ4n) is 5.31. The van der Waals surface area contributed by atoms with Gasteiger partial charge in [-0.25, -0.2) is 0 Å². The summed E-state index contributed by atoms with van der Waals surface area (Å²) in [6, 6.07) is 21.5. The molecule has 0 radical (unpaired) electrons. The van der Waals surface area contributed by atoms with E-state index in [1.807, 2.05) is 67.6 Å². The van der Waals surface area contributed by atoms with Crippen LogP contribution in [0.1, 0.15) is 56.3 Å². The smallest absolute Gasteiger partial charge is 0.258 e. The summed E-state index contributed by atoms with van der Waals surface area (Å²) >= 11 is 0. The molecule has 0 fully saturated rings. The molecule has 38 heavy (non-hydrogen) atoms. The summed E-state index contributed by atoms with van der Waals surface area (Å²) in [7, 11) is -3.23. The molecule has 1 aliphatic rings. The summed E-state index contributed by atoms with van der Waals surface area (Å²) < 4.78 is 17.6. The normalized spacial score (nSPS) is 13.7. The topological polar surface area (TPSA) is 96.7 Å². The number of benzene rings is 3. The van der Waals surface area contributed by atoms with Crippen molar-refractivity contribution >= 4 is 18.7 Å². The van der Waals surface area contributed by atoms with Crippen LogP contribution in [0.5, 0.6) is 11.5 Å². The zero-order valence-corrected chi connectivity index (χ0v) is 23.7. The lowest BCUT2D eigenvalue weighted by Crippen LogP contribution is -2.65. The minimum absolute atomic E-state index is 0.114. The predicted molar refractivity (Wildman–Crippen MR) is 153 cm³/mol. The van der Waals surface area contributed by atoms with Crippen molar-refractivity contribution in [1.29, 1.82) is 0 Å². The maximum absolute atomic E-state index is 12.7. The van der Waals surface area contributed by atoms with Crippen molar-refractivity contribution in [2.24, 2.45) is 5.11 Å². The lowest BCUT2D eigenvalue weighted by Gasteiger charge is -2.41. The van der Waals surface area contributed by atoms with Crippen LogP contribution < -0.4 is 19.8 Å². The van der Waals surface area contributed by atoms with Crippen LogP contribution in [0, 0.1) is 6.92 Å². The molecule has 0 amide bonds. The third kappa shape index (κ3) is 5.45. The van der Waals surface area contributed by atoms with E-state index in [2.05, 4.69) is 36.9 Å². The predicted octanol–water partition coefficient (Wildman–Crippen LogP) is 5.97. The van der Waals surface area contributed by atoms with E-state index in [1.165, 1.54) is 0 Å². The molecule has 0 aromatic heterocycles. The van der Waals surface area contributed by atoms with Gasteiger partial charge in [0.2, 0.25) is 6.79 Å². The molecule has 1 N–H and O–H groups in total. The first-order chi connectivity index (χ1) is 18.3. The highest BCUT2D eigenvalue weighted by Gasteiger charge is 2.50. The van der Waals surface area contributed by atoms with Gasteiger partial charge >= 0.3 is 0 Å². The average Bonchev–Trinajstić information content (AvgIpc) is 3.43. The standard InChI is InChI=1S/C30H37N3O4Si/c1-5-6-17-35-20-27(32-33-31)26-18-23(22(2)28-29(26)37-21-36-28)19-30(3,4)38(34,24-13-9-7-10-14-24)25-15-11-8-12-16-25/h7-16,18,27,34H,5-6,17,19-21H2,1-4H3/t27-/m0/s1. The van der Waals surface area contributed by atoms with Gasteiger partial charge in [0.25, 0.3) is 8.32 Å². The molecule has 1 aliphatic heterocycles. The molecule has 0 spiro atoms. The van der Waals surface area contributed by atoms with Crippen molar-refractivity contribution in [3.05, 3.63) is 93.9 Å². The molecular formula is C30H37N3O4Si. The molecule has 7 nitrogen and oxygen atoms in total. The zero-order valence-electron chi connectivity index (χ0n) is 22.7. The number of nitrogens with zero attached hydrogens (tertiary/aromatic N) is 3. The first-order valence-electron chi connectivity index (χ1n) is 13.2. The van der Waals surface area contributed by atoms with Crippen molar-refractivity contribution in [3.63, 3.8) is 0 Å². The Labute approximate surface area is 226 Å². The number of hydrogen-bond acceptors (Lipinski definition) is 5. The Morgan fingerprint density at radius 2 is 1.66 bits per heavy atom. The highest BCUT2D eigenvalue weighted by atomic mass is 28.4. The van der Waals surface area contributed by atoms with Gasteiger partial charge in [-0.05, 0) is 51.8 Å². The van der Waals surface area contributed by atoms with Gasteiger partial charge in [0.1, 0.15) is 0 Å². The van der Waals surface area contributed by atoms with Gasteiger partial charge in [-0.15, -0.1) is 0 Å². The molecule has 3 aromatic rings. The van der Waals surface area contributed by atoms with E-state index in [9.17, 15) is 10.3 Å². The molecule has 8 heteroatoms. The summed E-state index contributed by atoms with van der Waals surface area (Å²) in [6.45, 7) is 9.39. The van der Waals surface area contributed by atoms with Crippen LogP contribution in [0.25, 0.3) is 10.4 Å². The third-order valence-electron chi connectivity index (χ3n) is 7.49. The summed E-state index contributed by atoms with van der Waals surface area (Å²) in [5.41, 5.74) is 12.1. The van der Waals surface area contributed by atoms with E-state index in [4.69, 9.17) is 14.2 Å². The molecule has 200 valence electrons. The van der Waals surface area contributed by atoms with Gasteiger partial charge < -0.3 is 19.0 Å². The summed E-state index contributed by atoms with van der Waals surface area (Å²) in [6.07, 6.45) is 2.56. The highest BCUT2D eigenvalue weighted by Crippen LogP contribution is 2.47. The number of ether oxygens (including phenoxy) is 3. The summed E-state index contributed by atoms with van der Waals surface area (Å²) in [5, 5.41) is 5.49. The Bertz CT molecular complexity index is 1240. The Balaban J connectivity index is 1.78. The van der Waals surface area contributed by atoms with Crippen molar-refractivity contribution in [3.8, 4) is 11.5 Å². The SMILES string of the molecule is CCCCOC[C@H](N=[N+]=[N-])c1cc(CC(C)(C)[Si](O)(c2ccccc2)c2ccccc2)c(C)c2c1OCO2. The van der Waals surface area contributed by atoms with Crippen molar-refractivity contribution in [2.45, 2.75) is 58.0 Å². The molecule has 0 unspecified atom stereocenters. The van der Waals surface area contributed by atoms with Crippen LogP contribution in [-0.4, -0.2) is 33.1 Å². The fraction of sp³-hybridized carbons (Fsp3) is 0.400. The third-order valence-corrected chi connectivity index (χ3v) is 12.0. The van der Waals surface area contributed by atoms with Crippen LogP contribution in [0.15, 0.2) is 71.8 Å². The molecule has 1 atom stereocenters. The largest absolute Gasteiger partial charge is 0.453 e. The Hall–Kier alpha value is -3.29. The lowest BCUT2D eigenvalue weighted by atomic mass is 9.92. The second-order valence-corrected chi connectivity index (χ2v) is 14.4. The molecule has 4 rings (SSSR count). The highest BCUT2D eigenvalue weighted by molar-refractivity contribution is 6.98. The van der Waals surface area contributed by atoms with E-state index in [1.54, 1.807) is 0 Å². The summed E-state index contributed by atoms with van der Waals surface area (Å²) in [5.74, 6) is 1.28. The van der Waals surface area contributed by atoms with E-state index in [0.717, 1.165) is 39.9 Å². The van der Waals surface area contributed by atoms with E-state index < -0.39 is 19.4 Å². The van der Waals surface area contributed by atoms with Gasteiger partial charge in [-0.2, -0.15) is 0 Å². The van der Waals surface area contributed by atoms with Crippen LogP contribution in [0.4, 0.5) is 0 Å². The minimum atomic E-state index is -3.23. The molecule has 1 heterocycles. The molecule has 0 bridgehead atoms. The molecule has 0 saturated heterocycles. The molecule has 0 aliphatic carbocycles. The van der Waals surface area contributed by atoms with Crippen LogP contribution >= 0.6 is 0 Å². The van der Waals surface area contributed by atoms with Crippen molar-refractivity contribution in [2.75, 3.05) is 20.0 Å². The van der Waals surface area contributed by atoms with Gasteiger partial charge in [-0.3, -0.25) is 0 Å². The zero-order chi connectivity index (χ0) is 27.2. The lowest BCUT2D eigenvalue weighted by molar-refractivity contribution is 0.117. The van der Waals surface area contributed by atoms with Gasteiger partial charge in [0.05, 0.1) is 12.6 Å². The quantitative estimate of drug-likeness (QED) is 0.102. The Kier molecular flexibility index (Phi) is 8.79. The van der Waals surface area contributed by atoms with Crippen LogP contribution in [-0.2, 0) is 11.2 Å². The maximum Gasteiger partial charge on any atom is 0.258 e. The van der Waals surface area contributed by atoms with E-state index in [0.29, 0.717) is 24.5 Å². The average molecular weight is 532 g/mol. The first kappa shape index (κ1) is 27.7. The molecule has 3 aromatic carbocycles. The van der Waals surface area contributed by atoms with Gasteiger partial charge in [0.15, 0.2) is 11.5 Å². The van der Waals surface area contributed by atoms with E-state index >= 15 is 0 Å². The Morgan fingerprint density at radius 3 is 2.24 bits per heavy atom. The number of azide groups is 1. The molecule has 0 saturated carbocycles. The van der Waals surface area contributed by atoms with Crippen molar-refractivity contribution in [1.82, 2.24) is 0 Å². The van der Waals surface area contributed by atoms with Crippen LogP contribution in [0.2, 0.25) is 5.04 Å². The fourth-order valence-corrected chi connectivity index (χ4v) is 9.00.